The maximum absolute atomic E-state index is 12.8. The summed E-state index contributed by atoms with van der Waals surface area (Å²) in [5.74, 6) is -0.887. The number of carbonyl (C=O) groups is 1. The van der Waals surface area contributed by atoms with Crippen LogP contribution in [0, 0.1) is 13.8 Å². The molecule has 0 radical (unpaired) electrons. The summed E-state index contributed by atoms with van der Waals surface area (Å²) in [6.07, 6.45) is 0. The first-order valence-electron chi connectivity index (χ1n) is 8.17. The Hall–Kier alpha value is -3.08. The molecule has 2 N–H and O–H groups in total. The first kappa shape index (κ1) is 16.8. The van der Waals surface area contributed by atoms with E-state index >= 15 is 0 Å². The van der Waals surface area contributed by atoms with Crippen molar-refractivity contribution in [2.45, 2.75) is 27.3 Å². The Kier molecular flexibility index (Phi) is 4.31. The minimum absolute atomic E-state index is 0.233. The van der Waals surface area contributed by atoms with Crippen LogP contribution in [0.3, 0.4) is 0 Å². The van der Waals surface area contributed by atoms with Crippen LogP contribution in [0.4, 0.5) is 5.69 Å². The Morgan fingerprint density at radius 3 is 2.36 bits per heavy atom. The zero-order chi connectivity index (χ0) is 18.1. The summed E-state index contributed by atoms with van der Waals surface area (Å²) >= 11 is 0. The Morgan fingerprint density at radius 2 is 1.72 bits per heavy atom. The van der Waals surface area contributed by atoms with E-state index in [0.29, 0.717) is 23.1 Å². The molecule has 0 aliphatic rings. The van der Waals surface area contributed by atoms with Crippen LogP contribution in [0.1, 0.15) is 28.4 Å². The van der Waals surface area contributed by atoms with Gasteiger partial charge < -0.3 is 15.0 Å². The first-order valence-corrected chi connectivity index (χ1v) is 8.17. The zero-order valence-corrected chi connectivity index (χ0v) is 14.5. The van der Waals surface area contributed by atoms with Gasteiger partial charge in [0.2, 0.25) is 0 Å². The van der Waals surface area contributed by atoms with E-state index in [2.05, 4.69) is 5.32 Å². The summed E-state index contributed by atoms with van der Waals surface area (Å²) in [7, 11) is 0. The standard InChI is InChI=1S/C20H20N2O3/c1-4-22-15-11-6-5-10-14(15)18(23)16(20(22)25)19(24)21-17-12(2)8-7-9-13(17)3/h5-11,23H,4H2,1-3H3,(H,21,24). The average Bonchev–Trinajstić information content (AvgIpc) is 2.59. The number of carbonyl (C=O) groups excluding carboxylic acids is 1. The van der Waals surface area contributed by atoms with E-state index in [-0.39, 0.29) is 11.3 Å². The first-order chi connectivity index (χ1) is 12.0. The van der Waals surface area contributed by atoms with Crippen LogP contribution in [0.25, 0.3) is 10.9 Å². The predicted molar refractivity (Wildman–Crippen MR) is 99.4 cm³/mol. The third kappa shape index (κ3) is 2.78. The van der Waals surface area contributed by atoms with Gasteiger partial charge in [-0.3, -0.25) is 9.59 Å². The van der Waals surface area contributed by atoms with Crippen molar-refractivity contribution in [2.24, 2.45) is 0 Å². The third-order valence-electron chi connectivity index (χ3n) is 4.41. The SMILES string of the molecule is CCn1c(=O)c(C(=O)Nc2c(C)cccc2C)c(O)c2ccccc21. The average molecular weight is 336 g/mol. The van der Waals surface area contributed by atoms with Crippen molar-refractivity contribution >= 4 is 22.5 Å². The Balaban J connectivity index is 2.19. The van der Waals surface area contributed by atoms with Gasteiger partial charge in [0.05, 0.1) is 5.52 Å². The maximum atomic E-state index is 12.8. The Labute approximate surface area is 145 Å². The van der Waals surface area contributed by atoms with E-state index in [4.69, 9.17) is 0 Å². The molecule has 0 saturated carbocycles. The second kappa shape index (κ2) is 6.43. The second-order valence-electron chi connectivity index (χ2n) is 6.01. The smallest absolute Gasteiger partial charge is 0.267 e. The van der Waals surface area contributed by atoms with Gasteiger partial charge in [-0.25, -0.2) is 0 Å². The molecule has 1 amide bonds. The lowest BCUT2D eigenvalue weighted by Crippen LogP contribution is -2.29. The van der Waals surface area contributed by atoms with Crippen LogP contribution >= 0.6 is 0 Å². The quantitative estimate of drug-likeness (QED) is 0.768. The number of rotatable bonds is 3. The van der Waals surface area contributed by atoms with Gasteiger partial charge in [0.15, 0.2) is 0 Å². The molecule has 1 heterocycles. The van der Waals surface area contributed by atoms with Crippen molar-refractivity contribution in [2.75, 3.05) is 5.32 Å². The van der Waals surface area contributed by atoms with Crippen LogP contribution < -0.4 is 10.9 Å². The molecule has 0 bridgehead atoms. The van der Waals surface area contributed by atoms with Gasteiger partial charge in [0, 0.05) is 17.6 Å². The number of aromatic nitrogens is 1. The molecule has 0 atom stereocenters. The monoisotopic (exact) mass is 336 g/mol. The van der Waals surface area contributed by atoms with Gasteiger partial charge >= 0.3 is 0 Å². The fraction of sp³-hybridized carbons (Fsp3) is 0.200. The van der Waals surface area contributed by atoms with Crippen molar-refractivity contribution in [3.8, 4) is 5.75 Å². The number of aromatic hydroxyl groups is 1. The van der Waals surface area contributed by atoms with Gasteiger partial charge in [0.1, 0.15) is 11.3 Å². The molecule has 0 spiro atoms. The number of nitrogens with one attached hydrogen (secondary N) is 1. The molecule has 3 aromatic rings. The van der Waals surface area contributed by atoms with Crippen LogP contribution in [-0.2, 0) is 6.54 Å². The fourth-order valence-electron chi connectivity index (χ4n) is 3.10. The Bertz CT molecular complexity index is 1010. The number of amides is 1. The lowest BCUT2D eigenvalue weighted by atomic mass is 10.1. The van der Waals surface area contributed by atoms with Crippen molar-refractivity contribution in [1.82, 2.24) is 4.57 Å². The molecule has 25 heavy (non-hydrogen) atoms. The molecule has 2 aromatic carbocycles. The van der Waals surface area contributed by atoms with E-state index in [0.717, 1.165) is 11.1 Å². The Morgan fingerprint density at radius 1 is 1.08 bits per heavy atom. The summed E-state index contributed by atoms with van der Waals surface area (Å²) in [6.45, 7) is 6.00. The number of aryl methyl sites for hydroxylation is 3. The highest BCUT2D eigenvalue weighted by molar-refractivity contribution is 6.09. The molecular weight excluding hydrogens is 316 g/mol. The molecule has 3 rings (SSSR count). The van der Waals surface area contributed by atoms with Crippen LogP contribution in [0.15, 0.2) is 47.3 Å². The fourth-order valence-corrected chi connectivity index (χ4v) is 3.10. The summed E-state index contributed by atoms with van der Waals surface area (Å²) < 4.78 is 1.49. The van der Waals surface area contributed by atoms with Crippen molar-refractivity contribution in [1.29, 1.82) is 0 Å². The molecular formula is C20H20N2O3. The highest BCUT2D eigenvalue weighted by atomic mass is 16.3. The van der Waals surface area contributed by atoms with Gasteiger partial charge in [-0.15, -0.1) is 0 Å². The number of benzene rings is 2. The number of nitrogens with zero attached hydrogens (tertiary/aromatic N) is 1. The largest absolute Gasteiger partial charge is 0.506 e. The van der Waals surface area contributed by atoms with Crippen molar-refractivity contribution in [3.63, 3.8) is 0 Å². The van der Waals surface area contributed by atoms with E-state index < -0.39 is 11.5 Å². The zero-order valence-electron chi connectivity index (χ0n) is 14.5. The van der Waals surface area contributed by atoms with Gasteiger partial charge in [-0.1, -0.05) is 30.3 Å². The number of hydrogen-bond donors (Lipinski definition) is 2. The van der Waals surface area contributed by atoms with Crippen molar-refractivity contribution in [3.05, 3.63) is 69.5 Å². The normalized spacial score (nSPS) is 10.8. The van der Waals surface area contributed by atoms with Gasteiger partial charge in [-0.2, -0.15) is 0 Å². The van der Waals surface area contributed by atoms with E-state index in [9.17, 15) is 14.7 Å². The molecule has 0 saturated heterocycles. The number of hydrogen-bond acceptors (Lipinski definition) is 3. The molecule has 0 fully saturated rings. The highest BCUT2D eigenvalue weighted by Crippen LogP contribution is 2.27. The summed E-state index contributed by atoms with van der Waals surface area (Å²) in [4.78, 5) is 25.6. The number of anilines is 1. The minimum atomic E-state index is -0.604. The molecule has 5 nitrogen and oxygen atoms in total. The van der Waals surface area contributed by atoms with Gasteiger partial charge in [0.25, 0.3) is 11.5 Å². The summed E-state index contributed by atoms with van der Waals surface area (Å²) in [5, 5.41) is 13.8. The lowest BCUT2D eigenvalue weighted by Gasteiger charge is -2.15. The molecule has 0 aliphatic carbocycles. The molecule has 128 valence electrons. The molecule has 0 aliphatic heterocycles. The van der Waals surface area contributed by atoms with Crippen LogP contribution in [-0.4, -0.2) is 15.6 Å². The third-order valence-corrected chi connectivity index (χ3v) is 4.41. The lowest BCUT2D eigenvalue weighted by molar-refractivity contribution is 0.102. The highest BCUT2D eigenvalue weighted by Gasteiger charge is 2.22. The molecule has 5 heteroatoms. The van der Waals surface area contributed by atoms with Crippen molar-refractivity contribution < 1.29 is 9.90 Å². The predicted octanol–water partition coefficient (Wildman–Crippen LogP) is 3.60. The van der Waals surface area contributed by atoms with E-state index in [1.807, 2.05) is 39.0 Å². The number of para-hydroxylation sites is 2. The maximum Gasteiger partial charge on any atom is 0.267 e. The van der Waals surface area contributed by atoms with Crippen LogP contribution in [0.2, 0.25) is 0 Å². The van der Waals surface area contributed by atoms with E-state index in [1.54, 1.807) is 24.3 Å². The summed E-state index contributed by atoms with van der Waals surface area (Å²) in [5.41, 5.74) is 2.32. The minimum Gasteiger partial charge on any atom is -0.506 e. The number of fused-ring (bicyclic) bond motifs is 1. The molecule has 0 unspecified atom stereocenters. The molecule has 1 aromatic heterocycles. The second-order valence-corrected chi connectivity index (χ2v) is 6.01. The topological polar surface area (TPSA) is 71.3 Å². The van der Waals surface area contributed by atoms with Gasteiger partial charge in [-0.05, 0) is 44.0 Å². The number of pyridine rings is 1. The van der Waals surface area contributed by atoms with Crippen LogP contribution in [0.5, 0.6) is 5.75 Å². The van der Waals surface area contributed by atoms with E-state index in [1.165, 1.54) is 4.57 Å². The summed E-state index contributed by atoms with van der Waals surface area (Å²) in [6, 6.07) is 12.7.